The largest absolute Gasteiger partial charge is 1.00 e. The maximum absolute atomic E-state index is 9.82. The Hall–Kier alpha value is 0.720. The van der Waals surface area contributed by atoms with Gasteiger partial charge in [-0.15, -0.1) is 0 Å². The summed E-state index contributed by atoms with van der Waals surface area (Å²) < 4.78 is 4.40. The minimum Gasteiger partial charge on any atom is -1.00 e. The molecule has 2 N–H and O–H groups in total. The van der Waals surface area contributed by atoms with E-state index in [1.54, 1.807) is 6.92 Å². The summed E-state index contributed by atoms with van der Waals surface area (Å²) in [4.78, 5) is 9.82. The van der Waals surface area contributed by atoms with Gasteiger partial charge in [0.15, 0.2) is 0 Å². The quantitative estimate of drug-likeness (QED) is 0.286. The molecule has 3 nitrogen and oxygen atoms in total. The van der Waals surface area contributed by atoms with E-state index >= 15 is 0 Å². The Balaban J connectivity index is -0.0000000417. The Kier molecular flexibility index (Phi) is 39.9. The van der Waals surface area contributed by atoms with Gasteiger partial charge in [-0.05, 0) is 6.92 Å². The first-order valence-corrected chi connectivity index (χ1v) is 1.90. The van der Waals surface area contributed by atoms with E-state index in [-0.39, 0.29) is 53.4 Å². The van der Waals surface area contributed by atoms with Crippen LogP contribution >= 0.6 is 0 Å². The van der Waals surface area contributed by atoms with Crippen LogP contribution in [-0.2, 0) is 9.53 Å². The van der Waals surface area contributed by atoms with Crippen molar-refractivity contribution in [3.8, 4) is 0 Å². The second kappa shape index (κ2) is 15.9. The van der Waals surface area contributed by atoms with Gasteiger partial charge in [-0.3, -0.25) is 4.79 Å². The molecule has 0 saturated heterocycles. The van der Waals surface area contributed by atoms with E-state index in [0.29, 0.717) is 6.61 Å². The molecule has 0 atom stereocenters. The first-order chi connectivity index (χ1) is 2.77. The number of hydrogen-bond acceptors (Lipinski definition) is 2. The van der Waals surface area contributed by atoms with E-state index in [1.807, 2.05) is 0 Å². The molecular weight excluding hydrogens is 154 g/mol. The SMILES string of the molecule is CCOC(C)=O.O.[Cl-].[Na+]. The van der Waals surface area contributed by atoms with Gasteiger partial charge in [0.1, 0.15) is 0 Å². The Labute approximate surface area is 83.2 Å². The van der Waals surface area contributed by atoms with Crippen LogP contribution in [0.3, 0.4) is 0 Å². The molecule has 9 heavy (non-hydrogen) atoms. The van der Waals surface area contributed by atoms with Crippen molar-refractivity contribution < 1.29 is 57.0 Å². The van der Waals surface area contributed by atoms with Crippen molar-refractivity contribution in [1.82, 2.24) is 0 Å². The van der Waals surface area contributed by atoms with Gasteiger partial charge in [-0.2, -0.15) is 0 Å². The molecule has 0 heterocycles. The summed E-state index contributed by atoms with van der Waals surface area (Å²) in [5.74, 6) is -0.211. The fraction of sp³-hybridized carbons (Fsp3) is 0.750. The maximum Gasteiger partial charge on any atom is 1.00 e. The van der Waals surface area contributed by atoms with Crippen molar-refractivity contribution in [1.29, 1.82) is 0 Å². The van der Waals surface area contributed by atoms with Crippen LogP contribution in [-0.4, -0.2) is 18.1 Å². The second-order valence-electron chi connectivity index (χ2n) is 0.925. The average molecular weight is 165 g/mol. The predicted octanol–water partition coefficient (Wildman–Crippen LogP) is -6.25. The Morgan fingerprint density at radius 3 is 1.89 bits per heavy atom. The molecule has 0 aromatic rings. The monoisotopic (exact) mass is 164 g/mol. The molecule has 0 aromatic carbocycles. The molecule has 0 bridgehead atoms. The molecule has 0 aliphatic heterocycles. The standard InChI is InChI=1S/C4H8O2.ClH.Na.H2O/c1-3-6-4(2)5;;;/h3H2,1-2H3;1H;;1H2/q;;+1;/p-1. The van der Waals surface area contributed by atoms with Crippen molar-refractivity contribution in [2.24, 2.45) is 0 Å². The van der Waals surface area contributed by atoms with Gasteiger partial charge < -0.3 is 22.6 Å². The molecule has 5 heteroatoms. The van der Waals surface area contributed by atoms with Crippen molar-refractivity contribution in [3.05, 3.63) is 0 Å². The fourth-order valence-corrected chi connectivity index (χ4v) is 0.203. The molecule has 0 aromatic heterocycles. The smallest absolute Gasteiger partial charge is 1.00 e. The number of carbonyl (C=O) groups is 1. The summed E-state index contributed by atoms with van der Waals surface area (Å²) in [6.07, 6.45) is 0. The van der Waals surface area contributed by atoms with Crippen LogP contribution in [0.2, 0.25) is 0 Å². The zero-order valence-electron chi connectivity index (χ0n) is 5.90. The molecule has 0 aliphatic carbocycles. The Bertz CT molecular complexity index is 59.8. The van der Waals surface area contributed by atoms with Crippen LogP contribution < -0.4 is 42.0 Å². The van der Waals surface area contributed by atoms with Crippen LogP contribution in [0.5, 0.6) is 0 Å². The topological polar surface area (TPSA) is 57.8 Å². The average Bonchev–Trinajstić information content (AvgIpc) is 1.35. The molecule has 0 aliphatic rings. The van der Waals surface area contributed by atoms with Crippen LogP contribution in [0.15, 0.2) is 0 Å². The molecule has 0 amide bonds. The number of carbonyl (C=O) groups excluding carboxylic acids is 1. The zero-order chi connectivity index (χ0) is 4.99. The molecule has 0 spiro atoms. The third-order valence-corrected chi connectivity index (χ3v) is 0.348. The minimum absolute atomic E-state index is 0. The molecular formula is C4H10ClNaO3. The molecule has 0 rings (SSSR count). The third-order valence-electron chi connectivity index (χ3n) is 0.348. The maximum atomic E-state index is 9.82. The molecule has 0 fully saturated rings. The first kappa shape index (κ1) is 22.6. The Morgan fingerprint density at radius 1 is 1.56 bits per heavy atom. The summed E-state index contributed by atoms with van der Waals surface area (Å²) in [6.45, 7) is 3.65. The van der Waals surface area contributed by atoms with Crippen LogP contribution in [0, 0.1) is 0 Å². The van der Waals surface area contributed by atoms with Gasteiger partial charge in [-0.1, -0.05) is 0 Å². The molecule has 52 valence electrons. The van der Waals surface area contributed by atoms with Crippen molar-refractivity contribution in [2.45, 2.75) is 13.8 Å². The minimum atomic E-state index is -0.211. The van der Waals surface area contributed by atoms with Gasteiger partial charge in [-0.25, -0.2) is 0 Å². The second-order valence-corrected chi connectivity index (χ2v) is 0.925. The number of hydrogen-bond donors (Lipinski definition) is 0. The van der Waals surface area contributed by atoms with E-state index in [9.17, 15) is 4.79 Å². The van der Waals surface area contributed by atoms with E-state index in [2.05, 4.69) is 4.74 Å². The summed E-state index contributed by atoms with van der Waals surface area (Å²) in [7, 11) is 0. The van der Waals surface area contributed by atoms with E-state index < -0.39 is 0 Å². The Morgan fingerprint density at radius 2 is 1.89 bits per heavy atom. The summed E-state index contributed by atoms with van der Waals surface area (Å²) in [5.41, 5.74) is 0. The van der Waals surface area contributed by atoms with Gasteiger partial charge in [0.05, 0.1) is 6.61 Å². The summed E-state index contributed by atoms with van der Waals surface area (Å²) in [6, 6.07) is 0. The van der Waals surface area contributed by atoms with Crippen LogP contribution in [0.4, 0.5) is 0 Å². The molecule has 0 unspecified atom stereocenters. The van der Waals surface area contributed by atoms with Gasteiger partial charge in [0.25, 0.3) is 0 Å². The van der Waals surface area contributed by atoms with E-state index in [1.165, 1.54) is 6.92 Å². The van der Waals surface area contributed by atoms with E-state index in [4.69, 9.17) is 0 Å². The number of ether oxygens (including phenoxy) is 1. The number of halogens is 1. The van der Waals surface area contributed by atoms with Gasteiger partial charge >= 0.3 is 35.5 Å². The summed E-state index contributed by atoms with van der Waals surface area (Å²) >= 11 is 0. The zero-order valence-corrected chi connectivity index (χ0v) is 8.66. The van der Waals surface area contributed by atoms with E-state index in [0.717, 1.165) is 0 Å². The summed E-state index contributed by atoms with van der Waals surface area (Å²) in [5, 5.41) is 0. The number of rotatable bonds is 1. The third kappa shape index (κ3) is 28.5. The van der Waals surface area contributed by atoms with Crippen LogP contribution in [0.1, 0.15) is 13.8 Å². The predicted molar refractivity (Wildman–Crippen MR) is 25.9 cm³/mol. The van der Waals surface area contributed by atoms with Crippen molar-refractivity contribution in [2.75, 3.05) is 6.61 Å². The molecule has 0 radical (unpaired) electrons. The van der Waals surface area contributed by atoms with Crippen molar-refractivity contribution in [3.63, 3.8) is 0 Å². The van der Waals surface area contributed by atoms with Gasteiger partial charge in [0.2, 0.25) is 0 Å². The van der Waals surface area contributed by atoms with Crippen LogP contribution in [0.25, 0.3) is 0 Å². The first-order valence-electron chi connectivity index (χ1n) is 1.90. The van der Waals surface area contributed by atoms with Gasteiger partial charge in [0, 0.05) is 6.92 Å². The van der Waals surface area contributed by atoms with Crippen molar-refractivity contribution >= 4 is 5.97 Å². The normalized spacial score (nSPS) is 5.11. The fourth-order valence-electron chi connectivity index (χ4n) is 0.203. The number of esters is 1. The molecule has 0 saturated carbocycles.